The van der Waals surface area contributed by atoms with Gasteiger partial charge >= 0.3 is 5.97 Å². The first-order valence-corrected chi connectivity index (χ1v) is 8.67. The van der Waals surface area contributed by atoms with Crippen LogP contribution in [-0.4, -0.2) is 33.5 Å². The zero-order valence-electron chi connectivity index (χ0n) is 15.6. The van der Waals surface area contributed by atoms with Crippen molar-refractivity contribution in [2.75, 3.05) is 21.3 Å². The largest absolute Gasteiger partial charge is 0.497 e. The molecule has 0 saturated carbocycles. The second-order valence-corrected chi connectivity index (χ2v) is 6.25. The lowest BCUT2D eigenvalue weighted by Gasteiger charge is -2.12. The van der Waals surface area contributed by atoms with Gasteiger partial charge in [-0.15, -0.1) is 0 Å². The van der Waals surface area contributed by atoms with Crippen molar-refractivity contribution >= 4 is 23.8 Å². The zero-order chi connectivity index (χ0) is 19.8. The molecule has 0 bridgehead atoms. The van der Waals surface area contributed by atoms with E-state index >= 15 is 0 Å². The zero-order valence-corrected chi connectivity index (χ0v) is 16.4. The number of ether oxygens (including phenoxy) is 3. The Bertz CT molecular complexity index is 820. The van der Waals surface area contributed by atoms with E-state index in [1.807, 2.05) is 18.2 Å². The summed E-state index contributed by atoms with van der Waals surface area (Å²) in [6, 6.07) is 10.8. The SMILES string of the molecule is [CH2]c1ccc(Cl)cc1C[C@@H]([C]=NCc1ccc(OC)cc1OC)C(=O)OC. The number of halogens is 1. The van der Waals surface area contributed by atoms with Gasteiger partial charge in [-0.1, -0.05) is 17.7 Å². The molecule has 0 N–H and O–H groups in total. The third kappa shape index (κ3) is 5.73. The van der Waals surface area contributed by atoms with Gasteiger partial charge in [0.25, 0.3) is 0 Å². The van der Waals surface area contributed by atoms with E-state index in [0.717, 1.165) is 16.7 Å². The molecule has 0 spiro atoms. The van der Waals surface area contributed by atoms with Crippen LogP contribution in [0, 0.1) is 12.8 Å². The van der Waals surface area contributed by atoms with Crippen molar-refractivity contribution < 1.29 is 19.0 Å². The van der Waals surface area contributed by atoms with Gasteiger partial charge < -0.3 is 14.2 Å². The van der Waals surface area contributed by atoms with Crippen LogP contribution in [0.4, 0.5) is 0 Å². The topological polar surface area (TPSA) is 57.1 Å². The average molecular weight is 388 g/mol. The van der Waals surface area contributed by atoms with Crippen molar-refractivity contribution in [3.63, 3.8) is 0 Å². The molecule has 0 fully saturated rings. The molecule has 142 valence electrons. The van der Waals surface area contributed by atoms with Crippen molar-refractivity contribution in [3.05, 3.63) is 65.0 Å². The molecule has 0 aliphatic heterocycles. The molecule has 5 nitrogen and oxygen atoms in total. The van der Waals surface area contributed by atoms with E-state index in [4.69, 9.17) is 25.8 Å². The number of methoxy groups -OCH3 is 3. The van der Waals surface area contributed by atoms with Gasteiger partial charge in [-0.3, -0.25) is 9.79 Å². The molecule has 2 radical (unpaired) electrons. The summed E-state index contributed by atoms with van der Waals surface area (Å²) in [4.78, 5) is 16.4. The lowest BCUT2D eigenvalue weighted by molar-refractivity contribution is -0.142. The van der Waals surface area contributed by atoms with Gasteiger partial charge in [-0.2, -0.15) is 0 Å². The Hall–Kier alpha value is -2.53. The van der Waals surface area contributed by atoms with Crippen LogP contribution < -0.4 is 9.47 Å². The molecule has 0 aromatic heterocycles. The first-order chi connectivity index (χ1) is 13.0. The fourth-order valence-corrected chi connectivity index (χ4v) is 2.75. The highest BCUT2D eigenvalue weighted by Gasteiger charge is 2.19. The van der Waals surface area contributed by atoms with Crippen molar-refractivity contribution in [1.29, 1.82) is 0 Å². The highest BCUT2D eigenvalue weighted by Crippen LogP contribution is 2.25. The number of carbonyl (C=O) groups excluding carboxylic acids is 1. The number of carbonyl (C=O) groups is 1. The number of aliphatic imine (C=N–C) groups is 1. The van der Waals surface area contributed by atoms with Gasteiger partial charge in [0.15, 0.2) is 0 Å². The van der Waals surface area contributed by atoms with Crippen LogP contribution in [0.1, 0.15) is 16.7 Å². The molecule has 1 atom stereocenters. The summed E-state index contributed by atoms with van der Waals surface area (Å²) < 4.78 is 15.4. The van der Waals surface area contributed by atoms with Crippen molar-refractivity contribution in [3.8, 4) is 11.5 Å². The first kappa shape index (κ1) is 20.8. The van der Waals surface area contributed by atoms with E-state index in [-0.39, 0.29) is 0 Å². The summed E-state index contributed by atoms with van der Waals surface area (Å²) in [5, 5.41) is 0.584. The Balaban J connectivity index is 2.16. The number of rotatable bonds is 8. The van der Waals surface area contributed by atoms with Gasteiger partial charge in [-0.25, -0.2) is 0 Å². The quantitative estimate of drug-likeness (QED) is 0.507. The number of nitrogens with zero attached hydrogens (tertiary/aromatic N) is 1. The lowest BCUT2D eigenvalue weighted by Crippen LogP contribution is -2.20. The third-order valence-electron chi connectivity index (χ3n) is 4.07. The molecule has 0 saturated heterocycles. The van der Waals surface area contributed by atoms with E-state index in [1.165, 1.54) is 7.11 Å². The minimum atomic E-state index is -0.654. The smallest absolute Gasteiger partial charge is 0.315 e. The monoisotopic (exact) mass is 387 g/mol. The molecule has 0 amide bonds. The van der Waals surface area contributed by atoms with Crippen LogP contribution in [0.3, 0.4) is 0 Å². The molecular formula is C21H22ClNO4. The molecule has 0 unspecified atom stereocenters. The van der Waals surface area contributed by atoms with Crippen LogP contribution in [0.15, 0.2) is 41.4 Å². The van der Waals surface area contributed by atoms with E-state index in [2.05, 4.69) is 18.1 Å². The number of esters is 1. The second kappa shape index (κ2) is 9.97. The van der Waals surface area contributed by atoms with E-state index in [0.29, 0.717) is 29.5 Å². The normalized spacial score (nSPS) is 12.0. The van der Waals surface area contributed by atoms with E-state index < -0.39 is 11.9 Å². The average Bonchev–Trinajstić information content (AvgIpc) is 2.69. The lowest BCUT2D eigenvalue weighted by atomic mass is 9.97. The van der Waals surface area contributed by atoms with Gasteiger partial charge in [0.2, 0.25) is 0 Å². The van der Waals surface area contributed by atoms with E-state index in [1.54, 1.807) is 32.4 Å². The summed E-state index contributed by atoms with van der Waals surface area (Å²) in [5.41, 5.74) is 2.50. The van der Waals surface area contributed by atoms with Crippen molar-refractivity contribution in [1.82, 2.24) is 0 Å². The molecule has 2 aromatic carbocycles. The summed E-state index contributed by atoms with van der Waals surface area (Å²) >= 11 is 6.04. The maximum absolute atomic E-state index is 12.1. The minimum Gasteiger partial charge on any atom is -0.497 e. The predicted molar refractivity (Wildman–Crippen MR) is 106 cm³/mol. The standard InChI is InChI=1S/C21H22ClNO4/c1-14-5-7-18(22)10-16(14)9-17(21(24)27-4)13-23-12-15-6-8-19(25-2)11-20(15)26-3/h5-8,10-11,17H,1,9,12H2,2-4H3/t17-/m0/s1. The van der Waals surface area contributed by atoms with Crippen molar-refractivity contribution in [2.24, 2.45) is 10.9 Å². The highest BCUT2D eigenvalue weighted by atomic mass is 35.5. The molecule has 2 aromatic rings. The van der Waals surface area contributed by atoms with Crippen LogP contribution in [-0.2, 0) is 22.5 Å². The number of hydrogen-bond donors (Lipinski definition) is 0. The second-order valence-electron chi connectivity index (χ2n) is 5.82. The number of benzene rings is 2. The summed E-state index contributed by atoms with van der Waals surface area (Å²) in [6.07, 6.45) is 3.24. The Labute approximate surface area is 164 Å². The van der Waals surface area contributed by atoms with Crippen LogP contribution in [0.25, 0.3) is 0 Å². The molecule has 0 aliphatic rings. The predicted octanol–water partition coefficient (Wildman–Crippen LogP) is 4.02. The third-order valence-corrected chi connectivity index (χ3v) is 4.30. The minimum absolute atomic E-state index is 0.313. The van der Waals surface area contributed by atoms with Crippen LogP contribution in [0.2, 0.25) is 5.02 Å². The summed E-state index contributed by atoms with van der Waals surface area (Å²) in [5.74, 6) is 0.280. The highest BCUT2D eigenvalue weighted by molar-refractivity contribution is 6.30. The Morgan fingerprint density at radius 2 is 1.93 bits per heavy atom. The molecule has 0 heterocycles. The van der Waals surface area contributed by atoms with E-state index in [9.17, 15) is 4.79 Å². The van der Waals surface area contributed by atoms with Crippen LogP contribution >= 0.6 is 11.6 Å². The summed E-state index contributed by atoms with van der Waals surface area (Å²) in [6.45, 7) is 4.28. The number of hydrogen-bond acceptors (Lipinski definition) is 5. The molecule has 27 heavy (non-hydrogen) atoms. The first-order valence-electron chi connectivity index (χ1n) is 8.29. The fourth-order valence-electron chi connectivity index (χ4n) is 2.55. The Morgan fingerprint density at radius 1 is 1.15 bits per heavy atom. The maximum atomic E-state index is 12.1. The van der Waals surface area contributed by atoms with Crippen molar-refractivity contribution in [2.45, 2.75) is 13.0 Å². The fraction of sp³-hybridized carbons (Fsp3) is 0.286. The van der Waals surface area contributed by atoms with Gasteiger partial charge in [0, 0.05) is 16.7 Å². The molecule has 0 aliphatic carbocycles. The molecular weight excluding hydrogens is 366 g/mol. The maximum Gasteiger partial charge on any atom is 0.315 e. The molecule has 2 rings (SSSR count). The Morgan fingerprint density at radius 3 is 2.59 bits per heavy atom. The Kier molecular flexibility index (Phi) is 7.67. The summed E-state index contributed by atoms with van der Waals surface area (Å²) in [7, 11) is 4.51. The molecule has 6 heteroatoms. The van der Waals surface area contributed by atoms with Gasteiger partial charge in [-0.05, 0) is 48.7 Å². The van der Waals surface area contributed by atoms with Gasteiger partial charge in [0.1, 0.15) is 17.4 Å². The van der Waals surface area contributed by atoms with Gasteiger partial charge in [0.05, 0.1) is 34.1 Å². The van der Waals surface area contributed by atoms with Crippen LogP contribution in [0.5, 0.6) is 11.5 Å².